The summed E-state index contributed by atoms with van der Waals surface area (Å²) in [5, 5.41) is 0.605. The Hall–Kier alpha value is -1.33. The number of methoxy groups -OCH3 is 1. The third-order valence-corrected chi connectivity index (χ3v) is 5.58. The highest BCUT2D eigenvalue weighted by atomic mass is 35.5. The molecular weight excluding hydrogens is 300 g/mol. The van der Waals surface area contributed by atoms with Crippen molar-refractivity contribution in [2.75, 3.05) is 26.7 Å². The van der Waals surface area contributed by atoms with Crippen molar-refractivity contribution in [3.8, 4) is 6.01 Å². The maximum absolute atomic E-state index is 6.03. The van der Waals surface area contributed by atoms with Gasteiger partial charge in [0.1, 0.15) is 5.52 Å². The first-order valence-corrected chi connectivity index (χ1v) is 8.25. The van der Waals surface area contributed by atoms with Crippen molar-refractivity contribution in [1.29, 1.82) is 0 Å². The van der Waals surface area contributed by atoms with Crippen molar-refractivity contribution in [2.45, 2.75) is 26.3 Å². The number of hydrogen-bond donors (Lipinski definition) is 0. The molecule has 5 heterocycles. The van der Waals surface area contributed by atoms with Crippen LogP contribution in [0.4, 0.5) is 0 Å². The van der Waals surface area contributed by atoms with Gasteiger partial charge >= 0.3 is 0 Å². The minimum Gasteiger partial charge on any atom is -0.468 e. The van der Waals surface area contributed by atoms with E-state index in [1.165, 1.54) is 25.9 Å². The molecule has 3 aliphatic heterocycles. The van der Waals surface area contributed by atoms with Crippen LogP contribution in [0.3, 0.4) is 0 Å². The van der Waals surface area contributed by atoms with Crippen LogP contribution in [0, 0.1) is 11.3 Å². The molecule has 0 N–H and O–H groups in total. The number of hydrogen-bond acceptors (Lipinski definition) is 4. The Bertz CT molecular complexity index is 707. The lowest BCUT2D eigenvalue weighted by molar-refractivity contribution is -0.0279. The fourth-order valence-electron chi connectivity index (χ4n) is 4.23. The van der Waals surface area contributed by atoms with Gasteiger partial charge in [-0.1, -0.05) is 18.5 Å². The predicted octanol–water partition coefficient (Wildman–Crippen LogP) is 2.83. The van der Waals surface area contributed by atoms with Crippen LogP contribution in [0.2, 0.25) is 5.02 Å². The molecule has 0 aliphatic carbocycles. The van der Waals surface area contributed by atoms with E-state index < -0.39 is 0 Å². The lowest BCUT2D eigenvalue weighted by atomic mass is 9.68. The van der Waals surface area contributed by atoms with Gasteiger partial charge in [0.25, 0.3) is 6.01 Å². The van der Waals surface area contributed by atoms with Crippen LogP contribution >= 0.6 is 11.6 Å². The van der Waals surface area contributed by atoms with Gasteiger partial charge in [-0.3, -0.25) is 4.57 Å². The largest absolute Gasteiger partial charge is 0.468 e. The molecule has 2 aromatic heterocycles. The van der Waals surface area contributed by atoms with Crippen molar-refractivity contribution in [2.24, 2.45) is 11.3 Å². The topological polar surface area (TPSA) is 43.2 Å². The van der Waals surface area contributed by atoms with Gasteiger partial charge in [-0.2, -0.15) is 4.98 Å². The summed E-state index contributed by atoms with van der Waals surface area (Å²) in [6.07, 6.45) is 4.27. The number of rotatable bonds is 3. The van der Waals surface area contributed by atoms with Gasteiger partial charge in [-0.25, -0.2) is 4.98 Å². The molecule has 0 spiro atoms. The molecule has 1 atom stereocenters. The zero-order valence-corrected chi connectivity index (χ0v) is 13.8. The normalized spacial score (nSPS) is 30.9. The molecule has 6 heteroatoms. The van der Waals surface area contributed by atoms with E-state index in [1.54, 1.807) is 13.3 Å². The predicted molar refractivity (Wildman–Crippen MR) is 86.4 cm³/mol. The zero-order valence-electron chi connectivity index (χ0n) is 13.0. The second kappa shape index (κ2) is 5.10. The molecule has 3 fully saturated rings. The van der Waals surface area contributed by atoms with E-state index in [0.29, 0.717) is 11.0 Å². The SMILES string of the molecule is COc1nc2cc(Cl)cnc2n1CC1(C)CN2CCC1CC2. The van der Waals surface area contributed by atoms with Gasteiger partial charge in [0.05, 0.1) is 12.1 Å². The molecule has 5 nitrogen and oxygen atoms in total. The average Bonchev–Trinajstić information content (AvgIpc) is 2.84. The molecule has 0 amide bonds. The Morgan fingerprint density at radius 1 is 1.41 bits per heavy atom. The Kier molecular flexibility index (Phi) is 3.31. The smallest absolute Gasteiger partial charge is 0.298 e. The first-order chi connectivity index (χ1) is 10.6. The van der Waals surface area contributed by atoms with Gasteiger partial charge in [0.15, 0.2) is 5.65 Å². The average molecular weight is 321 g/mol. The number of ether oxygens (including phenoxy) is 1. The van der Waals surface area contributed by atoms with E-state index >= 15 is 0 Å². The van der Waals surface area contributed by atoms with Gasteiger partial charge in [-0.15, -0.1) is 0 Å². The van der Waals surface area contributed by atoms with Crippen molar-refractivity contribution in [1.82, 2.24) is 19.4 Å². The van der Waals surface area contributed by atoms with Crippen LogP contribution in [-0.4, -0.2) is 46.2 Å². The van der Waals surface area contributed by atoms with Crippen LogP contribution in [0.5, 0.6) is 6.01 Å². The highest BCUT2D eigenvalue weighted by molar-refractivity contribution is 6.31. The molecule has 1 unspecified atom stereocenters. The maximum Gasteiger partial charge on any atom is 0.298 e. The second-order valence-electron chi connectivity index (χ2n) is 6.89. The molecule has 0 aromatic carbocycles. The Morgan fingerprint density at radius 2 is 2.18 bits per heavy atom. The highest BCUT2D eigenvalue weighted by Crippen LogP contribution is 2.44. The molecular formula is C16H21ClN4O. The van der Waals surface area contributed by atoms with Crippen LogP contribution in [0.1, 0.15) is 19.8 Å². The molecule has 3 aliphatic rings. The molecule has 0 radical (unpaired) electrons. The van der Waals surface area contributed by atoms with Crippen LogP contribution in [0.15, 0.2) is 12.3 Å². The minimum absolute atomic E-state index is 0.249. The summed E-state index contributed by atoms with van der Waals surface area (Å²) >= 11 is 6.03. The Balaban J connectivity index is 1.74. The maximum atomic E-state index is 6.03. The summed E-state index contributed by atoms with van der Waals surface area (Å²) in [6, 6.07) is 2.48. The molecule has 3 saturated heterocycles. The highest BCUT2D eigenvalue weighted by Gasteiger charge is 2.44. The van der Waals surface area contributed by atoms with Gasteiger partial charge < -0.3 is 9.64 Å². The van der Waals surface area contributed by atoms with Gasteiger partial charge in [-0.05, 0) is 37.9 Å². The first kappa shape index (κ1) is 14.3. The lowest BCUT2D eigenvalue weighted by Crippen LogP contribution is -2.54. The van der Waals surface area contributed by atoms with E-state index in [0.717, 1.165) is 30.2 Å². The number of fused-ring (bicyclic) bond motifs is 4. The number of nitrogens with zero attached hydrogens (tertiary/aromatic N) is 4. The third kappa shape index (κ3) is 2.18. The fourth-order valence-corrected chi connectivity index (χ4v) is 4.38. The zero-order chi connectivity index (χ0) is 15.3. The Morgan fingerprint density at radius 3 is 2.82 bits per heavy atom. The second-order valence-corrected chi connectivity index (χ2v) is 7.32. The fraction of sp³-hybridized carbons (Fsp3) is 0.625. The third-order valence-electron chi connectivity index (χ3n) is 5.38. The summed E-state index contributed by atoms with van der Waals surface area (Å²) in [5.41, 5.74) is 1.91. The molecule has 22 heavy (non-hydrogen) atoms. The van der Waals surface area contributed by atoms with Crippen LogP contribution in [0.25, 0.3) is 11.2 Å². The van der Waals surface area contributed by atoms with E-state index in [-0.39, 0.29) is 5.41 Å². The van der Waals surface area contributed by atoms with Crippen molar-refractivity contribution < 1.29 is 4.74 Å². The first-order valence-electron chi connectivity index (χ1n) is 7.87. The number of pyridine rings is 1. The molecule has 2 aromatic rings. The van der Waals surface area contributed by atoms with E-state index in [2.05, 4.69) is 26.4 Å². The molecule has 118 valence electrons. The number of halogens is 1. The summed E-state index contributed by atoms with van der Waals surface area (Å²) in [4.78, 5) is 11.6. The monoisotopic (exact) mass is 320 g/mol. The summed E-state index contributed by atoms with van der Waals surface area (Å²) < 4.78 is 7.61. The Labute approximate surface area is 135 Å². The number of imidazole rings is 1. The minimum atomic E-state index is 0.249. The summed E-state index contributed by atoms with van der Waals surface area (Å²) in [7, 11) is 1.66. The van der Waals surface area contributed by atoms with Crippen LogP contribution in [-0.2, 0) is 6.54 Å². The molecule has 0 saturated carbocycles. The summed E-state index contributed by atoms with van der Waals surface area (Å²) in [6.45, 7) is 6.92. The van der Waals surface area contributed by atoms with Crippen molar-refractivity contribution >= 4 is 22.8 Å². The number of aromatic nitrogens is 3. The van der Waals surface area contributed by atoms with E-state index in [9.17, 15) is 0 Å². The van der Waals surface area contributed by atoms with Gasteiger partial charge in [0, 0.05) is 24.7 Å². The van der Waals surface area contributed by atoms with E-state index in [1.807, 2.05) is 6.07 Å². The quantitative estimate of drug-likeness (QED) is 0.872. The molecule has 2 bridgehead atoms. The van der Waals surface area contributed by atoms with Crippen molar-refractivity contribution in [3.63, 3.8) is 0 Å². The standard InChI is InChI=1S/C16H21ClN4O/c1-16(9-20-5-3-11(16)4-6-20)10-21-14-13(19-15(21)22-2)7-12(17)8-18-14/h7-8,11H,3-6,9-10H2,1-2H3. The lowest BCUT2D eigenvalue weighted by Gasteiger charge is -2.52. The summed E-state index contributed by atoms with van der Waals surface area (Å²) in [5.74, 6) is 0.770. The number of piperidine rings is 3. The van der Waals surface area contributed by atoms with Crippen molar-refractivity contribution in [3.05, 3.63) is 17.3 Å². The van der Waals surface area contributed by atoms with E-state index in [4.69, 9.17) is 16.3 Å². The molecule has 5 rings (SSSR count). The van der Waals surface area contributed by atoms with Gasteiger partial charge in [0.2, 0.25) is 0 Å². The van der Waals surface area contributed by atoms with Crippen LogP contribution < -0.4 is 4.74 Å².